The first-order valence-electron chi connectivity index (χ1n) is 9.48. The van der Waals surface area contributed by atoms with Gasteiger partial charge in [-0.25, -0.2) is 0 Å². The highest BCUT2D eigenvalue weighted by atomic mass is 19.4. The van der Waals surface area contributed by atoms with E-state index in [-0.39, 0.29) is 23.9 Å². The molecule has 2 aliphatic carbocycles. The Morgan fingerprint density at radius 1 is 1.31 bits per heavy atom. The van der Waals surface area contributed by atoms with Gasteiger partial charge in [0.25, 0.3) is 5.91 Å². The predicted octanol–water partition coefficient (Wildman–Crippen LogP) is 2.51. The maximum atomic E-state index is 12.6. The van der Waals surface area contributed by atoms with E-state index in [1.165, 1.54) is 12.3 Å². The van der Waals surface area contributed by atoms with Crippen molar-refractivity contribution in [3.8, 4) is 5.75 Å². The lowest BCUT2D eigenvalue weighted by atomic mass is 9.84. The first-order valence-corrected chi connectivity index (χ1v) is 9.48. The number of alkyl halides is 3. The van der Waals surface area contributed by atoms with Crippen molar-refractivity contribution in [3.63, 3.8) is 0 Å². The van der Waals surface area contributed by atoms with E-state index < -0.39 is 24.1 Å². The molecular formula is C18H21F3N6O2. The van der Waals surface area contributed by atoms with Gasteiger partial charge < -0.3 is 10.1 Å². The summed E-state index contributed by atoms with van der Waals surface area (Å²) in [6.07, 6.45) is 0.746. The molecule has 2 fully saturated rings. The van der Waals surface area contributed by atoms with Gasteiger partial charge in [0.2, 0.25) is 0 Å². The molecule has 156 valence electrons. The number of tetrazole rings is 1. The van der Waals surface area contributed by atoms with Crippen LogP contribution in [-0.4, -0.2) is 50.8 Å². The summed E-state index contributed by atoms with van der Waals surface area (Å²) in [6, 6.07) is 1.29. The first kappa shape index (κ1) is 19.6. The van der Waals surface area contributed by atoms with E-state index in [1.807, 2.05) is 6.92 Å². The van der Waals surface area contributed by atoms with Crippen molar-refractivity contribution in [2.45, 2.75) is 50.1 Å². The number of nitrogens with one attached hydrogen (secondary N) is 2. The molecule has 0 radical (unpaired) electrons. The molecule has 8 nitrogen and oxygen atoms in total. The smallest absolute Gasteiger partial charge is 0.422 e. The Labute approximate surface area is 164 Å². The highest BCUT2D eigenvalue weighted by Gasteiger charge is 2.46. The van der Waals surface area contributed by atoms with Gasteiger partial charge in [0.1, 0.15) is 11.4 Å². The Kier molecular flexibility index (Phi) is 4.91. The molecule has 0 bridgehead atoms. The minimum atomic E-state index is -4.46. The van der Waals surface area contributed by atoms with Crippen LogP contribution in [0.1, 0.15) is 60.4 Å². The van der Waals surface area contributed by atoms with Crippen molar-refractivity contribution in [3.05, 3.63) is 29.3 Å². The number of H-pyrrole nitrogens is 1. The predicted molar refractivity (Wildman–Crippen MR) is 94.3 cm³/mol. The zero-order valence-corrected chi connectivity index (χ0v) is 15.8. The summed E-state index contributed by atoms with van der Waals surface area (Å²) in [5, 5.41) is 17.0. The van der Waals surface area contributed by atoms with Crippen LogP contribution in [0.15, 0.2) is 12.3 Å². The molecule has 2 N–H and O–H groups in total. The highest BCUT2D eigenvalue weighted by molar-refractivity contribution is 5.92. The summed E-state index contributed by atoms with van der Waals surface area (Å²) in [7, 11) is 0. The van der Waals surface area contributed by atoms with Gasteiger partial charge in [0.15, 0.2) is 12.4 Å². The molecular weight excluding hydrogens is 389 g/mol. The Morgan fingerprint density at radius 2 is 2.07 bits per heavy atom. The lowest BCUT2D eigenvalue weighted by molar-refractivity contribution is -0.153. The molecule has 2 heterocycles. The van der Waals surface area contributed by atoms with Gasteiger partial charge >= 0.3 is 6.18 Å². The van der Waals surface area contributed by atoms with Gasteiger partial charge in [0.05, 0.1) is 5.41 Å². The number of halogens is 3. The van der Waals surface area contributed by atoms with Gasteiger partial charge in [-0.15, -0.1) is 10.2 Å². The van der Waals surface area contributed by atoms with E-state index in [0.29, 0.717) is 17.3 Å². The van der Waals surface area contributed by atoms with Crippen LogP contribution in [0.4, 0.5) is 13.2 Å². The van der Waals surface area contributed by atoms with Crippen molar-refractivity contribution in [2.24, 2.45) is 5.92 Å². The third-order valence-electron chi connectivity index (χ3n) is 5.49. The largest absolute Gasteiger partial charge is 0.484 e. The van der Waals surface area contributed by atoms with Crippen LogP contribution in [0.3, 0.4) is 0 Å². The van der Waals surface area contributed by atoms with E-state index in [1.54, 1.807) is 0 Å². The maximum absolute atomic E-state index is 12.6. The second-order valence-corrected chi connectivity index (χ2v) is 7.90. The van der Waals surface area contributed by atoms with E-state index in [9.17, 15) is 18.0 Å². The second-order valence-electron chi connectivity index (χ2n) is 7.90. The van der Waals surface area contributed by atoms with E-state index >= 15 is 0 Å². The topological polar surface area (TPSA) is 106 Å². The third-order valence-corrected chi connectivity index (χ3v) is 5.49. The zero-order valence-electron chi connectivity index (χ0n) is 15.8. The number of pyridine rings is 1. The fourth-order valence-corrected chi connectivity index (χ4v) is 3.44. The number of ether oxygens (including phenoxy) is 1. The molecule has 29 heavy (non-hydrogen) atoms. The molecule has 1 atom stereocenters. The SMILES string of the molecule is CC(CNC(=O)c1cc(OCC(F)(F)F)c(C2CC2)cn1)(c1nn[nH]n1)C1CC1. The summed E-state index contributed by atoms with van der Waals surface area (Å²) >= 11 is 0. The lowest BCUT2D eigenvalue weighted by Gasteiger charge is -2.26. The molecule has 0 spiro atoms. The van der Waals surface area contributed by atoms with Crippen LogP contribution in [-0.2, 0) is 5.41 Å². The van der Waals surface area contributed by atoms with Crippen molar-refractivity contribution < 1.29 is 22.7 Å². The van der Waals surface area contributed by atoms with E-state index in [0.717, 1.165) is 25.7 Å². The second kappa shape index (κ2) is 7.27. The third kappa shape index (κ3) is 4.48. The Balaban J connectivity index is 1.48. The fraction of sp³-hybridized carbons (Fsp3) is 0.611. The number of rotatable bonds is 8. The van der Waals surface area contributed by atoms with Gasteiger partial charge in [-0.1, -0.05) is 12.1 Å². The number of aromatic amines is 1. The number of hydrogen-bond donors (Lipinski definition) is 2. The Bertz CT molecular complexity index is 880. The summed E-state index contributed by atoms with van der Waals surface area (Å²) < 4.78 is 42.7. The zero-order chi connectivity index (χ0) is 20.6. The maximum Gasteiger partial charge on any atom is 0.422 e. The summed E-state index contributed by atoms with van der Waals surface area (Å²) in [5.41, 5.74) is 0.143. The number of carbonyl (C=O) groups excluding carboxylic acids is 1. The minimum absolute atomic E-state index is 0.0119. The lowest BCUT2D eigenvalue weighted by Crippen LogP contribution is -2.41. The van der Waals surface area contributed by atoms with Crippen LogP contribution in [0, 0.1) is 5.92 Å². The molecule has 0 saturated heterocycles. The Hall–Kier alpha value is -2.72. The molecule has 2 aliphatic rings. The van der Waals surface area contributed by atoms with Crippen LogP contribution >= 0.6 is 0 Å². The summed E-state index contributed by atoms with van der Waals surface area (Å²) in [6.45, 7) is 0.813. The molecule has 11 heteroatoms. The summed E-state index contributed by atoms with van der Waals surface area (Å²) in [4.78, 5) is 16.8. The molecule has 2 aromatic rings. The molecule has 2 aromatic heterocycles. The standard InChI is InChI=1S/C18H21F3N6O2/c1-17(11-4-5-11,16-24-26-27-25-16)8-23-15(28)13-6-14(29-9-18(19,20)21)12(7-22-13)10-2-3-10/h6-7,10-11H,2-5,8-9H2,1H3,(H,23,28)(H,24,25,26,27). The number of hydrogen-bond acceptors (Lipinski definition) is 6. The molecule has 2 saturated carbocycles. The minimum Gasteiger partial charge on any atom is -0.484 e. The highest BCUT2D eigenvalue weighted by Crippen LogP contribution is 2.46. The monoisotopic (exact) mass is 410 g/mol. The number of carbonyl (C=O) groups is 1. The quantitative estimate of drug-likeness (QED) is 0.693. The fourth-order valence-electron chi connectivity index (χ4n) is 3.44. The molecule has 0 aliphatic heterocycles. The van der Waals surface area contributed by atoms with Crippen LogP contribution in [0.25, 0.3) is 0 Å². The van der Waals surface area contributed by atoms with Crippen molar-refractivity contribution in [1.29, 1.82) is 0 Å². The van der Waals surface area contributed by atoms with Gasteiger partial charge in [0, 0.05) is 24.4 Å². The average molecular weight is 410 g/mol. The molecule has 4 rings (SSSR count). The van der Waals surface area contributed by atoms with Crippen LogP contribution in [0.2, 0.25) is 0 Å². The number of amides is 1. The molecule has 1 unspecified atom stereocenters. The van der Waals surface area contributed by atoms with Crippen LogP contribution < -0.4 is 10.1 Å². The van der Waals surface area contributed by atoms with Crippen LogP contribution in [0.5, 0.6) is 5.75 Å². The van der Waals surface area contributed by atoms with E-state index in [2.05, 4.69) is 30.9 Å². The van der Waals surface area contributed by atoms with Crippen molar-refractivity contribution >= 4 is 5.91 Å². The van der Waals surface area contributed by atoms with Crippen molar-refractivity contribution in [1.82, 2.24) is 30.9 Å². The Morgan fingerprint density at radius 3 is 2.66 bits per heavy atom. The number of nitrogens with zero attached hydrogens (tertiary/aromatic N) is 4. The molecule has 1 amide bonds. The van der Waals surface area contributed by atoms with Gasteiger partial charge in [-0.05, 0) is 37.5 Å². The molecule has 0 aromatic carbocycles. The summed E-state index contributed by atoms with van der Waals surface area (Å²) in [5.74, 6) is 0.565. The van der Waals surface area contributed by atoms with Gasteiger partial charge in [-0.2, -0.15) is 18.4 Å². The average Bonchev–Trinajstić information content (AvgIpc) is 3.62. The van der Waals surface area contributed by atoms with Crippen molar-refractivity contribution in [2.75, 3.05) is 13.2 Å². The number of aromatic nitrogens is 5. The normalized spacial score (nSPS) is 18.9. The van der Waals surface area contributed by atoms with E-state index in [4.69, 9.17) is 4.74 Å². The first-order chi connectivity index (χ1) is 13.8. The van der Waals surface area contributed by atoms with Gasteiger partial charge in [-0.3, -0.25) is 9.78 Å².